The van der Waals surface area contributed by atoms with E-state index < -0.39 is 22.5 Å². The Morgan fingerprint density at radius 2 is 2.24 bits per heavy atom. The lowest BCUT2D eigenvalue weighted by atomic mass is 10.4. The topological polar surface area (TPSA) is 90.3 Å². The Bertz CT molecular complexity index is 492. The van der Waals surface area contributed by atoms with Crippen molar-refractivity contribution >= 4 is 16.0 Å². The zero-order chi connectivity index (χ0) is 13.1. The lowest BCUT2D eigenvalue weighted by Gasteiger charge is -2.04. The van der Waals surface area contributed by atoms with E-state index in [0.29, 0.717) is 0 Å². The van der Waals surface area contributed by atoms with E-state index in [4.69, 9.17) is 0 Å². The number of aromatic nitrogens is 2. The first-order valence-electron chi connectivity index (χ1n) is 4.97. The number of hydrogen-bond acceptors (Lipinski definition) is 5. The summed E-state index contributed by atoms with van der Waals surface area (Å²) in [5.41, 5.74) is 0. The van der Waals surface area contributed by atoms with E-state index in [9.17, 15) is 13.2 Å². The number of nitrogens with one attached hydrogen (secondary N) is 1. The summed E-state index contributed by atoms with van der Waals surface area (Å²) in [7, 11) is -2.52. The third-order valence-electron chi connectivity index (χ3n) is 2.05. The third-order valence-corrected chi connectivity index (χ3v) is 3.41. The van der Waals surface area contributed by atoms with Gasteiger partial charge in [0.2, 0.25) is 10.0 Å². The monoisotopic (exact) mass is 261 g/mol. The largest absolute Gasteiger partial charge is 0.468 e. The van der Waals surface area contributed by atoms with Gasteiger partial charge in [-0.2, -0.15) is 9.82 Å². The predicted molar refractivity (Wildman–Crippen MR) is 59.8 cm³/mol. The van der Waals surface area contributed by atoms with Crippen LogP contribution in [-0.2, 0) is 19.6 Å². The highest BCUT2D eigenvalue weighted by Crippen LogP contribution is 2.10. The number of hydrogen-bond donors (Lipinski definition) is 1. The van der Waals surface area contributed by atoms with Crippen LogP contribution in [0.4, 0.5) is 0 Å². The normalized spacial score (nSPS) is 11.8. The van der Waals surface area contributed by atoms with Crippen LogP contribution < -0.4 is 4.72 Å². The van der Waals surface area contributed by atoms with E-state index in [1.54, 1.807) is 0 Å². The fourth-order valence-corrected chi connectivity index (χ4v) is 1.96. The molecule has 0 bridgehead atoms. The van der Waals surface area contributed by atoms with Crippen molar-refractivity contribution in [3.63, 3.8) is 0 Å². The molecule has 96 valence electrons. The summed E-state index contributed by atoms with van der Waals surface area (Å²) in [5.74, 6) is -0.648. The molecule has 7 nitrogen and oxygen atoms in total. The molecule has 0 fully saturated rings. The van der Waals surface area contributed by atoms with E-state index in [0.717, 1.165) is 0 Å². The Morgan fingerprint density at radius 1 is 1.59 bits per heavy atom. The van der Waals surface area contributed by atoms with Crippen molar-refractivity contribution in [2.45, 2.75) is 24.8 Å². The molecule has 8 heteroatoms. The molecule has 1 heterocycles. The van der Waals surface area contributed by atoms with Crippen molar-refractivity contribution in [2.75, 3.05) is 13.7 Å². The zero-order valence-electron chi connectivity index (χ0n) is 9.87. The van der Waals surface area contributed by atoms with E-state index >= 15 is 0 Å². The Labute approximate surface area is 99.8 Å². The number of sulfonamides is 1. The molecular formula is C9H15N3O4S. The highest BCUT2D eigenvalue weighted by Gasteiger charge is 2.18. The van der Waals surface area contributed by atoms with Crippen LogP contribution in [0.5, 0.6) is 0 Å². The summed E-state index contributed by atoms with van der Waals surface area (Å²) in [4.78, 5) is 10.9. The molecule has 0 aliphatic rings. The number of methoxy groups -OCH3 is 1. The Balaban J connectivity index is 2.79. The first-order chi connectivity index (χ1) is 7.86. The van der Waals surface area contributed by atoms with Crippen LogP contribution in [0.2, 0.25) is 0 Å². The van der Waals surface area contributed by atoms with Gasteiger partial charge in [0.05, 0.1) is 13.3 Å². The van der Waals surface area contributed by atoms with Crippen molar-refractivity contribution in [1.29, 1.82) is 0 Å². The second-order valence-corrected chi connectivity index (χ2v) is 5.42. The van der Waals surface area contributed by atoms with Gasteiger partial charge >= 0.3 is 5.97 Å². The van der Waals surface area contributed by atoms with Gasteiger partial charge in [0, 0.05) is 12.2 Å². The molecule has 0 radical (unpaired) electrons. The van der Waals surface area contributed by atoms with Crippen molar-refractivity contribution in [3.05, 3.63) is 12.4 Å². The number of carbonyl (C=O) groups is 1. The molecule has 0 saturated heterocycles. The van der Waals surface area contributed by atoms with Crippen LogP contribution in [0.1, 0.15) is 19.9 Å². The highest BCUT2D eigenvalue weighted by molar-refractivity contribution is 7.89. The average molecular weight is 261 g/mol. The van der Waals surface area contributed by atoms with Gasteiger partial charge in [-0.25, -0.2) is 8.42 Å². The molecule has 17 heavy (non-hydrogen) atoms. The quantitative estimate of drug-likeness (QED) is 0.748. The number of carbonyl (C=O) groups excluding carboxylic acids is 1. The van der Waals surface area contributed by atoms with Gasteiger partial charge in [0.25, 0.3) is 0 Å². The zero-order valence-corrected chi connectivity index (χ0v) is 10.7. The van der Waals surface area contributed by atoms with Crippen LogP contribution in [0.25, 0.3) is 0 Å². The lowest BCUT2D eigenvalue weighted by Crippen LogP contribution is -2.30. The molecule has 0 aliphatic carbocycles. The standard InChI is InChI=1S/C9H15N3O4S/c1-7(2)12-6-8(4-10-12)17(14,15)11-5-9(13)16-3/h4,6-7,11H,5H2,1-3H3. The fourth-order valence-electron chi connectivity index (χ4n) is 1.05. The molecule has 0 spiro atoms. The van der Waals surface area contributed by atoms with Gasteiger partial charge in [-0.1, -0.05) is 0 Å². The Morgan fingerprint density at radius 3 is 2.71 bits per heavy atom. The molecule has 1 aromatic rings. The first kappa shape index (κ1) is 13.7. The maximum atomic E-state index is 11.7. The van der Waals surface area contributed by atoms with E-state index in [2.05, 4.69) is 14.6 Å². The van der Waals surface area contributed by atoms with Crippen LogP contribution in [0.15, 0.2) is 17.3 Å². The van der Waals surface area contributed by atoms with Gasteiger partial charge in [-0.3, -0.25) is 9.48 Å². The molecule has 0 amide bonds. The van der Waals surface area contributed by atoms with Gasteiger partial charge in [0.15, 0.2) is 0 Å². The Kier molecular flexibility index (Phi) is 4.24. The second kappa shape index (κ2) is 5.28. The molecular weight excluding hydrogens is 246 g/mol. The first-order valence-corrected chi connectivity index (χ1v) is 6.45. The lowest BCUT2D eigenvalue weighted by molar-refractivity contribution is -0.139. The predicted octanol–water partition coefficient (Wildman–Crippen LogP) is -0.0847. The van der Waals surface area contributed by atoms with Gasteiger partial charge < -0.3 is 4.74 Å². The highest BCUT2D eigenvalue weighted by atomic mass is 32.2. The van der Waals surface area contributed by atoms with Crippen LogP contribution in [0, 0.1) is 0 Å². The molecule has 0 saturated carbocycles. The van der Waals surface area contributed by atoms with Crippen LogP contribution >= 0.6 is 0 Å². The smallest absolute Gasteiger partial charge is 0.320 e. The summed E-state index contributed by atoms with van der Waals surface area (Å²) >= 11 is 0. The molecule has 0 aliphatic heterocycles. The third kappa shape index (κ3) is 3.53. The van der Waals surface area contributed by atoms with Gasteiger partial charge in [0.1, 0.15) is 11.4 Å². The fraction of sp³-hybridized carbons (Fsp3) is 0.556. The maximum absolute atomic E-state index is 11.7. The van der Waals surface area contributed by atoms with Crippen LogP contribution in [-0.4, -0.2) is 37.8 Å². The number of nitrogens with zero attached hydrogens (tertiary/aromatic N) is 2. The molecule has 0 unspecified atom stereocenters. The van der Waals surface area contributed by atoms with Gasteiger partial charge in [-0.05, 0) is 13.8 Å². The maximum Gasteiger partial charge on any atom is 0.320 e. The van der Waals surface area contributed by atoms with Crippen molar-refractivity contribution in [3.8, 4) is 0 Å². The SMILES string of the molecule is COC(=O)CNS(=O)(=O)c1cnn(C(C)C)c1. The minimum atomic E-state index is -3.71. The molecule has 0 aromatic carbocycles. The van der Waals surface area contributed by atoms with E-state index in [1.165, 1.54) is 24.2 Å². The number of ether oxygens (including phenoxy) is 1. The molecule has 1 rings (SSSR count). The summed E-state index contributed by atoms with van der Waals surface area (Å²) < 4.78 is 31.4. The molecule has 0 atom stereocenters. The molecule has 1 aromatic heterocycles. The van der Waals surface area contributed by atoms with Crippen molar-refractivity contribution in [1.82, 2.24) is 14.5 Å². The number of esters is 1. The Hall–Kier alpha value is -1.41. The van der Waals surface area contributed by atoms with E-state index in [1.807, 2.05) is 13.8 Å². The van der Waals surface area contributed by atoms with Crippen molar-refractivity contribution < 1.29 is 17.9 Å². The summed E-state index contributed by atoms with van der Waals surface area (Å²) in [6, 6.07) is 0.0690. The van der Waals surface area contributed by atoms with Gasteiger partial charge in [-0.15, -0.1) is 0 Å². The minimum absolute atomic E-state index is 0.0232. The summed E-state index contributed by atoms with van der Waals surface area (Å²) in [5, 5.41) is 3.91. The minimum Gasteiger partial charge on any atom is -0.468 e. The molecule has 1 N–H and O–H groups in total. The summed E-state index contributed by atoms with van der Waals surface area (Å²) in [6.45, 7) is 3.36. The van der Waals surface area contributed by atoms with E-state index in [-0.39, 0.29) is 10.9 Å². The number of rotatable bonds is 5. The van der Waals surface area contributed by atoms with Crippen molar-refractivity contribution in [2.24, 2.45) is 0 Å². The summed E-state index contributed by atoms with van der Waals surface area (Å²) in [6.07, 6.45) is 2.64. The van der Waals surface area contributed by atoms with Crippen LogP contribution in [0.3, 0.4) is 0 Å². The second-order valence-electron chi connectivity index (χ2n) is 3.65. The average Bonchev–Trinajstić information content (AvgIpc) is 2.76.